The molecule has 0 aromatic heterocycles. The van der Waals surface area contributed by atoms with E-state index in [0.29, 0.717) is 12.1 Å². The molecule has 2 aliphatic rings. The van der Waals surface area contributed by atoms with Crippen LogP contribution in [-0.4, -0.2) is 70.8 Å². The van der Waals surface area contributed by atoms with Crippen molar-refractivity contribution in [3.63, 3.8) is 0 Å². The molecule has 2 aliphatic heterocycles. The number of benzene rings is 1. The fourth-order valence-electron chi connectivity index (χ4n) is 3.71. The van der Waals surface area contributed by atoms with Crippen LogP contribution < -0.4 is 0 Å². The topological polar surface area (TPSA) is 156 Å². The summed E-state index contributed by atoms with van der Waals surface area (Å²) < 4.78 is 37.3. The van der Waals surface area contributed by atoms with E-state index in [1.165, 1.54) is 12.8 Å². The van der Waals surface area contributed by atoms with Gasteiger partial charge >= 0.3 is 16.4 Å². The minimum Gasteiger partial charge on any atom is -0.462 e. The van der Waals surface area contributed by atoms with Crippen LogP contribution in [0.2, 0.25) is 0 Å². The molecule has 2 fully saturated rings. The predicted molar refractivity (Wildman–Crippen MR) is 97.7 cm³/mol. The fourth-order valence-corrected chi connectivity index (χ4v) is 3.71. The molecule has 0 aliphatic carbocycles. The number of hydrogen-bond acceptors (Lipinski definition) is 6. The van der Waals surface area contributed by atoms with Gasteiger partial charge in [-0.15, -0.1) is 0 Å². The molecule has 0 amide bonds. The Hall–Kier alpha value is -1.56. The molecule has 27 heavy (non-hydrogen) atoms. The lowest BCUT2D eigenvalue weighted by atomic mass is 9.98. The molecule has 5 N–H and O–H groups in total. The van der Waals surface area contributed by atoms with Crippen LogP contribution in [0.5, 0.6) is 0 Å². The van der Waals surface area contributed by atoms with Crippen molar-refractivity contribution in [2.45, 2.75) is 49.8 Å². The molecule has 2 saturated heterocycles. The molecule has 154 valence electrons. The molecule has 0 radical (unpaired) electrons. The van der Waals surface area contributed by atoms with Crippen LogP contribution >= 0.6 is 0 Å². The van der Waals surface area contributed by atoms with Crippen LogP contribution in [0.25, 0.3) is 0 Å². The molecule has 10 heteroatoms. The molecule has 4 atom stereocenters. The molecule has 3 rings (SSSR count). The van der Waals surface area contributed by atoms with E-state index in [0.717, 1.165) is 18.4 Å². The van der Waals surface area contributed by atoms with E-state index in [9.17, 15) is 9.90 Å². The second-order valence-corrected chi connectivity index (χ2v) is 7.57. The molecule has 2 heterocycles. The summed E-state index contributed by atoms with van der Waals surface area (Å²) in [5.74, 6) is -0.860. The summed E-state index contributed by atoms with van der Waals surface area (Å²) >= 11 is 0. The standard InChI is InChI=1S/C17H23NO3.H2O4S.H2O/c1-18-13-7-8-14(18)10-15(9-13)21-17(20)16(11-19)12-5-3-2-4-6-12;1-5(2,3)4;/h2-6,13-16,19H,7-11H2,1H3;(H2,1,2,3,4);1H2/t13-,14+,15?,16-;;/m1../s1. The first-order valence-corrected chi connectivity index (χ1v) is 9.87. The number of carbonyl (C=O) groups is 1. The van der Waals surface area contributed by atoms with Gasteiger partial charge in [0.2, 0.25) is 0 Å². The summed E-state index contributed by atoms with van der Waals surface area (Å²) in [5, 5.41) is 9.53. The van der Waals surface area contributed by atoms with Crippen molar-refractivity contribution in [2.75, 3.05) is 13.7 Å². The first-order chi connectivity index (χ1) is 12.2. The Bertz CT molecular complexity index is 674. The van der Waals surface area contributed by atoms with Gasteiger partial charge in [0.1, 0.15) is 12.0 Å². The van der Waals surface area contributed by atoms with Crippen LogP contribution in [0, 0.1) is 0 Å². The molecule has 1 aromatic carbocycles. The molecular formula is C17H27NO8S. The van der Waals surface area contributed by atoms with Crippen molar-refractivity contribution in [3.8, 4) is 0 Å². The fraction of sp³-hybridized carbons (Fsp3) is 0.588. The maximum atomic E-state index is 12.4. The van der Waals surface area contributed by atoms with Gasteiger partial charge in [-0.2, -0.15) is 8.42 Å². The highest BCUT2D eigenvalue weighted by atomic mass is 32.3. The number of piperidine rings is 1. The van der Waals surface area contributed by atoms with Crippen LogP contribution in [0.1, 0.15) is 37.2 Å². The highest BCUT2D eigenvalue weighted by Gasteiger charge is 2.40. The van der Waals surface area contributed by atoms with E-state index >= 15 is 0 Å². The lowest BCUT2D eigenvalue weighted by Gasteiger charge is -2.36. The molecule has 9 nitrogen and oxygen atoms in total. The number of aliphatic hydroxyl groups is 1. The zero-order valence-electron chi connectivity index (χ0n) is 15.1. The first kappa shape index (κ1) is 23.5. The minimum absolute atomic E-state index is 0. The Morgan fingerprint density at radius 2 is 1.67 bits per heavy atom. The normalized spacial score (nSPS) is 25.6. The molecule has 0 saturated carbocycles. The van der Waals surface area contributed by atoms with Crippen LogP contribution in [-0.2, 0) is 19.9 Å². The van der Waals surface area contributed by atoms with Crippen LogP contribution in [0.15, 0.2) is 30.3 Å². The van der Waals surface area contributed by atoms with Gasteiger partial charge in [0.25, 0.3) is 0 Å². The van der Waals surface area contributed by atoms with Crippen LogP contribution in [0.4, 0.5) is 0 Å². The third kappa shape index (κ3) is 7.17. The van der Waals surface area contributed by atoms with E-state index in [2.05, 4.69) is 11.9 Å². The summed E-state index contributed by atoms with van der Waals surface area (Å²) in [4.78, 5) is 14.8. The zero-order valence-corrected chi connectivity index (χ0v) is 15.9. The Labute approximate surface area is 158 Å². The Kier molecular flexibility index (Phi) is 8.79. The Balaban J connectivity index is 0.000000542. The van der Waals surface area contributed by atoms with Gasteiger partial charge in [-0.1, -0.05) is 30.3 Å². The predicted octanol–water partition coefficient (Wildman–Crippen LogP) is 0.453. The Morgan fingerprint density at radius 3 is 2.11 bits per heavy atom. The number of hydrogen-bond donors (Lipinski definition) is 3. The smallest absolute Gasteiger partial charge is 0.394 e. The zero-order chi connectivity index (χ0) is 19.3. The maximum Gasteiger partial charge on any atom is 0.394 e. The van der Waals surface area contributed by atoms with Crippen LogP contribution in [0.3, 0.4) is 0 Å². The SMILES string of the molecule is CN1[C@@H]2CC[C@H]1CC(OC(=O)[C@H](CO)c1ccccc1)C2.O.O=S(=O)(O)O. The summed E-state index contributed by atoms with van der Waals surface area (Å²) in [6.07, 6.45) is 4.26. The molecule has 1 unspecified atom stereocenters. The number of fused-ring (bicyclic) bond motifs is 2. The number of nitrogens with zero attached hydrogens (tertiary/aromatic N) is 1. The van der Waals surface area contributed by atoms with E-state index in [1.807, 2.05) is 30.3 Å². The summed E-state index contributed by atoms with van der Waals surface area (Å²) in [6.45, 7) is -0.206. The number of rotatable bonds is 4. The van der Waals surface area contributed by atoms with Gasteiger partial charge < -0.3 is 20.2 Å². The third-order valence-corrected chi connectivity index (χ3v) is 5.01. The van der Waals surface area contributed by atoms with Gasteiger partial charge in [-0.25, -0.2) is 0 Å². The average molecular weight is 405 g/mol. The van der Waals surface area contributed by atoms with Gasteiger partial charge in [0.05, 0.1) is 6.61 Å². The van der Waals surface area contributed by atoms with E-state index < -0.39 is 16.3 Å². The summed E-state index contributed by atoms with van der Waals surface area (Å²) in [5.41, 5.74) is 0.820. The average Bonchev–Trinajstić information content (AvgIpc) is 2.77. The molecular weight excluding hydrogens is 378 g/mol. The maximum absolute atomic E-state index is 12.4. The van der Waals surface area contributed by atoms with E-state index in [-0.39, 0.29) is 24.2 Å². The lowest BCUT2D eigenvalue weighted by Crippen LogP contribution is -2.43. The van der Waals surface area contributed by atoms with E-state index in [4.69, 9.17) is 22.3 Å². The van der Waals surface area contributed by atoms with Gasteiger partial charge in [-0.3, -0.25) is 13.9 Å². The molecule has 1 aromatic rings. The Morgan fingerprint density at radius 1 is 1.19 bits per heavy atom. The largest absolute Gasteiger partial charge is 0.462 e. The second kappa shape index (κ2) is 10.1. The summed E-state index contributed by atoms with van der Waals surface area (Å²) in [6, 6.07) is 10.5. The summed E-state index contributed by atoms with van der Waals surface area (Å²) in [7, 11) is -2.50. The van der Waals surface area contributed by atoms with Crippen molar-refractivity contribution in [1.82, 2.24) is 4.90 Å². The van der Waals surface area contributed by atoms with Crippen molar-refractivity contribution in [1.29, 1.82) is 0 Å². The number of aliphatic hydroxyl groups excluding tert-OH is 1. The van der Waals surface area contributed by atoms with Gasteiger partial charge in [0.15, 0.2) is 0 Å². The second-order valence-electron chi connectivity index (χ2n) is 6.67. The van der Waals surface area contributed by atoms with E-state index in [1.54, 1.807) is 0 Å². The number of ether oxygens (including phenoxy) is 1. The van der Waals surface area contributed by atoms with Crippen molar-refractivity contribution in [2.24, 2.45) is 0 Å². The van der Waals surface area contributed by atoms with Crippen molar-refractivity contribution >= 4 is 16.4 Å². The highest BCUT2D eigenvalue weighted by Crippen LogP contribution is 2.36. The molecule has 0 spiro atoms. The first-order valence-electron chi connectivity index (χ1n) is 8.47. The monoisotopic (exact) mass is 405 g/mol. The van der Waals surface area contributed by atoms with Gasteiger partial charge in [0, 0.05) is 12.1 Å². The number of esters is 1. The quantitative estimate of drug-likeness (QED) is 0.481. The minimum atomic E-state index is -4.67. The lowest BCUT2D eigenvalue weighted by molar-refractivity contribution is -0.155. The molecule has 2 bridgehead atoms. The van der Waals surface area contributed by atoms with Gasteiger partial charge in [-0.05, 0) is 38.3 Å². The van der Waals surface area contributed by atoms with Crippen molar-refractivity contribution < 1.29 is 37.6 Å². The van der Waals surface area contributed by atoms with Crippen molar-refractivity contribution in [3.05, 3.63) is 35.9 Å². The third-order valence-electron chi connectivity index (χ3n) is 5.01. The highest BCUT2D eigenvalue weighted by molar-refractivity contribution is 7.79. The number of carbonyl (C=O) groups excluding carboxylic acids is 1.